The first kappa shape index (κ1) is 18.0. The minimum absolute atomic E-state index is 0.206. The van der Waals surface area contributed by atoms with Crippen LogP contribution in [0.3, 0.4) is 0 Å². The van der Waals surface area contributed by atoms with Crippen molar-refractivity contribution in [3.63, 3.8) is 0 Å². The molecule has 1 atom stereocenters. The van der Waals surface area contributed by atoms with Crippen molar-refractivity contribution in [3.05, 3.63) is 82.5 Å². The van der Waals surface area contributed by atoms with Crippen molar-refractivity contribution in [2.75, 3.05) is 6.54 Å². The van der Waals surface area contributed by atoms with E-state index in [1.807, 2.05) is 54.9 Å². The summed E-state index contributed by atoms with van der Waals surface area (Å²) in [6, 6.07) is 12.9. The Balaban J connectivity index is 1.71. The van der Waals surface area contributed by atoms with Crippen LogP contribution in [0.5, 0.6) is 0 Å². The van der Waals surface area contributed by atoms with Gasteiger partial charge in [0, 0.05) is 23.3 Å². The van der Waals surface area contributed by atoms with Gasteiger partial charge in [-0.1, -0.05) is 29.8 Å². The fourth-order valence-electron chi connectivity index (χ4n) is 2.78. The first-order valence-electron chi connectivity index (χ1n) is 8.31. The smallest absolute Gasteiger partial charge is 0.244 e. The van der Waals surface area contributed by atoms with Gasteiger partial charge in [0.25, 0.3) is 0 Å². The number of nitrogens with one attached hydrogen (secondary N) is 1. The highest BCUT2D eigenvalue weighted by Crippen LogP contribution is 2.20. The zero-order valence-electron chi connectivity index (χ0n) is 14.6. The van der Waals surface area contributed by atoms with Crippen LogP contribution < -0.4 is 5.32 Å². The lowest BCUT2D eigenvalue weighted by Crippen LogP contribution is -2.31. The molecule has 0 fully saturated rings. The van der Waals surface area contributed by atoms with Crippen molar-refractivity contribution in [2.45, 2.75) is 19.9 Å². The van der Waals surface area contributed by atoms with Crippen LogP contribution in [0.2, 0.25) is 5.02 Å². The second kappa shape index (κ2) is 8.06. The Bertz CT molecular complexity index is 913. The Morgan fingerprint density at radius 2 is 2.12 bits per heavy atom. The van der Waals surface area contributed by atoms with Gasteiger partial charge in [-0.25, -0.2) is 0 Å². The van der Waals surface area contributed by atoms with E-state index in [0.717, 1.165) is 22.7 Å². The van der Waals surface area contributed by atoms with Crippen LogP contribution >= 0.6 is 11.6 Å². The van der Waals surface area contributed by atoms with Crippen molar-refractivity contribution in [1.82, 2.24) is 15.1 Å². The summed E-state index contributed by atoms with van der Waals surface area (Å²) in [6.45, 7) is 4.28. The van der Waals surface area contributed by atoms with E-state index in [-0.39, 0.29) is 11.9 Å². The molecular formula is C20H20ClN3O2. The Hall–Kier alpha value is -2.79. The lowest BCUT2D eigenvalue weighted by molar-refractivity contribution is -0.116. The van der Waals surface area contributed by atoms with Crippen molar-refractivity contribution in [1.29, 1.82) is 0 Å². The lowest BCUT2D eigenvalue weighted by atomic mass is 10.2. The van der Waals surface area contributed by atoms with Crippen LogP contribution in [0.1, 0.15) is 28.8 Å². The van der Waals surface area contributed by atoms with Crippen LogP contribution in [0.25, 0.3) is 6.08 Å². The summed E-state index contributed by atoms with van der Waals surface area (Å²) in [7, 11) is 0. The Morgan fingerprint density at radius 1 is 1.31 bits per heavy atom. The van der Waals surface area contributed by atoms with Crippen molar-refractivity contribution >= 4 is 23.6 Å². The van der Waals surface area contributed by atoms with E-state index in [4.69, 9.17) is 16.0 Å². The summed E-state index contributed by atoms with van der Waals surface area (Å²) in [5.41, 5.74) is 2.72. The molecule has 0 bridgehead atoms. The zero-order valence-corrected chi connectivity index (χ0v) is 15.4. The molecule has 1 unspecified atom stereocenters. The van der Waals surface area contributed by atoms with Gasteiger partial charge in [0.15, 0.2) is 0 Å². The van der Waals surface area contributed by atoms with Crippen molar-refractivity contribution < 1.29 is 9.21 Å². The number of amides is 1. The number of hydrogen-bond donors (Lipinski definition) is 1. The number of aryl methyl sites for hydroxylation is 2. The Labute approximate surface area is 157 Å². The van der Waals surface area contributed by atoms with E-state index in [2.05, 4.69) is 10.4 Å². The molecule has 0 saturated heterocycles. The number of halogens is 1. The van der Waals surface area contributed by atoms with E-state index in [1.54, 1.807) is 18.4 Å². The summed E-state index contributed by atoms with van der Waals surface area (Å²) in [5, 5.41) is 8.03. The maximum Gasteiger partial charge on any atom is 0.244 e. The van der Waals surface area contributed by atoms with Crippen molar-refractivity contribution in [3.8, 4) is 0 Å². The molecule has 3 rings (SSSR count). The molecule has 2 heterocycles. The molecule has 0 aliphatic carbocycles. The van der Waals surface area contributed by atoms with E-state index >= 15 is 0 Å². The molecule has 1 amide bonds. The Morgan fingerprint density at radius 3 is 2.77 bits per heavy atom. The molecule has 5 nitrogen and oxygen atoms in total. The summed E-state index contributed by atoms with van der Waals surface area (Å²) in [5.74, 6) is 0.537. The maximum absolute atomic E-state index is 12.2. The van der Waals surface area contributed by atoms with Gasteiger partial charge in [0.05, 0.1) is 12.0 Å². The standard InChI is InChI=1S/C20H20ClN3O2/c1-14-12-15(2)24(23-14)18(19-8-5-11-26-19)13-22-20(25)10-9-16-6-3-4-7-17(16)21/h3-12,18H,13H2,1-2H3,(H,22,25)/b10-9+. The fourth-order valence-corrected chi connectivity index (χ4v) is 2.98. The van der Waals surface area contributed by atoms with Gasteiger partial charge in [-0.3, -0.25) is 9.48 Å². The number of carbonyl (C=O) groups is 1. The third kappa shape index (κ3) is 4.24. The number of aromatic nitrogens is 2. The number of nitrogens with zero attached hydrogens (tertiary/aromatic N) is 2. The normalized spacial score (nSPS) is 12.4. The number of hydrogen-bond acceptors (Lipinski definition) is 3. The third-order valence-corrected chi connectivity index (χ3v) is 4.34. The molecule has 0 radical (unpaired) electrons. The molecular weight excluding hydrogens is 350 g/mol. The molecule has 6 heteroatoms. The van der Waals surface area contributed by atoms with Gasteiger partial charge in [-0.15, -0.1) is 0 Å². The monoisotopic (exact) mass is 369 g/mol. The topological polar surface area (TPSA) is 60.1 Å². The van der Waals surface area contributed by atoms with Crippen LogP contribution in [0, 0.1) is 13.8 Å². The number of benzene rings is 1. The van der Waals surface area contributed by atoms with Crippen LogP contribution in [0.15, 0.2) is 59.2 Å². The second-order valence-electron chi connectivity index (χ2n) is 6.00. The van der Waals surface area contributed by atoms with E-state index < -0.39 is 0 Å². The molecule has 26 heavy (non-hydrogen) atoms. The highest BCUT2D eigenvalue weighted by molar-refractivity contribution is 6.32. The predicted molar refractivity (Wildman–Crippen MR) is 102 cm³/mol. The van der Waals surface area contributed by atoms with Crippen LogP contribution in [-0.2, 0) is 4.79 Å². The third-order valence-electron chi connectivity index (χ3n) is 4.00. The van der Waals surface area contributed by atoms with Gasteiger partial charge in [-0.05, 0) is 49.8 Å². The predicted octanol–water partition coefficient (Wildman–Crippen LogP) is 4.17. The van der Waals surface area contributed by atoms with Gasteiger partial charge in [0.1, 0.15) is 11.8 Å². The minimum Gasteiger partial charge on any atom is -0.467 e. The molecule has 0 aliphatic heterocycles. The number of rotatable bonds is 6. The van der Waals surface area contributed by atoms with Crippen LogP contribution in [0.4, 0.5) is 0 Å². The van der Waals surface area contributed by atoms with E-state index in [9.17, 15) is 4.79 Å². The molecule has 1 N–H and O–H groups in total. The molecule has 134 valence electrons. The SMILES string of the molecule is Cc1cc(C)n(C(CNC(=O)/C=C/c2ccccc2Cl)c2ccco2)n1. The molecule has 3 aromatic rings. The molecule has 0 aliphatic rings. The average molecular weight is 370 g/mol. The second-order valence-corrected chi connectivity index (χ2v) is 6.41. The Kier molecular flexibility index (Phi) is 5.58. The summed E-state index contributed by atoms with van der Waals surface area (Å²) < 4.78 is 7.41. The highest BCUT2D eigenvalue weighted by Gasteiger charge is 2.20. The van der Waals surface area contributed by atoms with Gasteiger partial charge < -0.3 is 9.73 Å². The molecule has 1 aromatic carbocycles. The summed E-state index contributed by atoms with van der Waals surface area (Å²) in [4.78, 5) is 12.2. The highest BCUT2D eigenvalue weighted by atomic mass is 35.5. The first-order chi connectivity index (χ1) is 12.5. The molecule has 0 spiro atoms. The average Bonchev–Trinajstić information content (AvgIpc) is 3.25. The van der Waals surface area contributed by atoms with Gasteiger partial charge in [-0.2, -0.15) is 5.10 Å². The van der Waals surface area contributed by atoms with Crippen LogP contribution in [-0.4, -0.2) is 22.2 Å². The number of carbonyl (C=O) groups excluding carboxylic acids is 1. The quantitative estimate of drug-likeness (QED) is 0.663. The van der Waals surface area contributed by atoms with E-state index in [0.29, 0.717) is 11.6 Å². The molecule has 0 saturated carbocycles. The largest absolute Gasteiger partial charge is 0.467 e. The minimum atomic E-state index is -0.212. The van der Waals surface area contributed by atoms with Gasteiger partial charge >= 0.3 is 0 Å². The number of furan rings is 1. The summed E-state index contributed by atoms with van der Waals surface area (Å²) >= 11 is 6.10. The fraction of sp³-hybridized carbons (Fsp3) is 0.200. The zero-order chi connectivity index (χ0) is 18.5. The molecule has 2 aromatic heterocycles. The first-order valence-corrected chi connectivity index (χ1v) is 8.69. The van der Waals surface area contributed by atoms with E-state index in [1.165, 1.54) is 6.08 Å². The van der Waals surface area contributed by atoms with Gasteiger partial charge in [0.2, 0.25) is 5.91 Å². The maximum atomic E-state index is 12.2. The van der Waals surface area contributed by atoms with Crippen molar-refractivity contribution in [2.24, 2.45) is 0 Å². The lowest BCUT2D eigenvalue weighted by Gasteiger charge is -2.17. The summed E-state index contributed by atoms with van der Waals surface area (Å²) in [6.07, 6.45) is 4.79.